The van der Waals surface area contributed by atoms with Crippen LogP contribution in [0.2, 0.25) is 0 Å². The normalized spacial score (nSPS) is 24.4. The fourth-order valence-electron chi connectivity index (χ4n) is 5.90. The first kappa shape index (κ1) is 25.2. The molecule has 2 aromatic carbocycles. The Morgan fingerprint density at radius 2 is 1.51 bits per heavy atom. The maximum Gasteiger partial charge on any atom is 0.343 e. The lowest BCUT2D eigenvalue weighted by Gasteiger charge is -2.37. The molecule has 0 bridgehead atoms. The standard InChI is InChI=1S/C30H36FNO3/c1-2-3-21-4-8-23(9-5-21)24-10-6-22(7-11-24)20-34-27-15-12-25(13-16-27)30(33)35-28-17-14-26(19-32)29(31)18-28/h12-18,21-24H,2-11,20H2,1H3/t21-,22-,23-,24-. The van der Waals surface area contributed by atoms with E-state index in [2.05, 4.69) is 6.92 Å². The minimum atomic E-state index is -0.713. The first-order valence-corrected chi connectivity index (χ1v) is 13.2. The van der Waals surface area contributed by atoms with Crippen molar-refractivity contribution in [2.75, 3.05) is 6.61 Å². The zero-order valence-corrected chi connectivity index (χ0v) is 20.7. The largest absolute Gasteiger partial charge is 0.493 e. The number of benzene rings is 2. The third-order valence-electron chi connectivity index (χ3n) is 7.99. The summed E-state index contributed by atoms with van der Waals surface area (Å²) in [7, 11) is 0. The van der Waals surface area contributed by atoms with Crippen molar-refractivity contribution in [3.8, 4) is 17.6 Å². The van der Waals surface area contributed by atoms with Gasteiger partial charge in [0.1, 0.15) is 23.4 Å². The van der Waals surface area contributed by atoms with E-state index >= 15 is 0 Å². The van der Waals surface area contributed by atoms with Crippen LogP contribution in [0.1, 0.15) is 87.1 Å². The number of carbonyl (C=O) groups excluding carboxylic acids is 1. The van der Waals surface area contributed by atoms with Gasteiger partial charge in [-0.2, -0.15) is 5.26 Å². The van der Waals surface area contributed by atoms with Crippen molar-refractivity contribution >= 4 is 5.97 Å². The van der Waals surface area contributed by atoms with Crippen LogP contribution in [0.5, 0.6) is 11.5 Å². The fraction of sp³-hybridized carbons (Fsp3) is 0.533. The van der Waals surface area contributed by atoms with E-state index < -0.39 is 11.8 Å². The predicted molar refractivity (Wildman–Crippen MR) is 134 cm³/mol. The molecular weight excluding hydrogens is 441 g/mol. The molecule has 5 heteroatoms. The van der Waals surface area contributed by atoms with Crippen LogP contribution >= 0.6 is 0 Å². The summed E-state index contributed by atoms with van der Waals surface area (Å²) in [6, 6.07) is 12.3. The van der Waals surface area contributed by atoms with Crippen LogP contribution in [-0.4, -0.2) is 12.6 Å². The molecule has 0 heterocycles. The third kappa shape index (κ3) is 6.84. The van der Waals surface area contributed by atoms with Gasteiger partial charge in [0.05, 0.1) is 17.7 Å². The topological polar surface area (TPSA) is 59.3 Å². The van der Waals surface area contributed by atoms with Gasteiger partial charge in [-0.1, -0.05) is 32.6 Å². The SMILES string of the molecule is CCC[C@H]1CC[C@H]([C@H]2CC[C@H](COc3ccc(C(=O)Oc4ccc(C#N)c(F)c4)cc3)CC2)CC1. The highest BCUT2D eigenvalue weighted by molar-refractivity contribution is 5.91. The molecule has 0 aliphatic heterocycles. The number of halogens is 1. The number of carbonyl (C=O) groups is 1. The Labute approximate surface area is 208 Å². The molecule has 0 spiro atoms. The van der Waals surface area contributed by atoms with Crippen LogP contribution in [0.4, 0.5) is 4.39 Å². The molecule has 2 aromatic rings. The second-order valence-corrected chi connectivity index (χ2v) is 10.3. The summed E-state index contributed by atoms with van der Waals surface area (Å²) in [6.45, 7) is 3.02. The molecule has 0 saturated heterocycles. The first-order valence-electron chi connectivity index (χ1n) is 13.2. The molecule has 0 unspecified atom stereocenters. The summed E-state index contributed by atoms with van der Waals surface area (Å²) in [5.74, 6) is 2.94. The number of rotatable bonds is 8. The number of nitriles is 1. The van der Waals surface area contributed by atoms with E-state index in [1.54, 1.807) is 30.3 Å². The molecular formula is C30H36FNO3. The Morgan fingerprint density at radius 3 is 2.09 bits per heavy atom. The van der Waals surface area contributed by atoms with E-state index in [1.807, 2.05) is 0 Å². The molecule has 4 nitrogen and oxygen atoms in total. The molecule has 2 fully saturated rings. The molecule has 0 radical (unpaired) electrons. The lowest BCUT2D eigenvalue weighted by Crippen LogP contribution is -2.27. The monoisotopic (exact) mass is 477 g/mol. The Morgan fingerprint density at radius 1 is 0.914 bits per heavy atom. The van der Waals surface area contributed by atoms with Gasteiger partial charge in [0, 0.05) is 6.07 Å². The van der Waals surface area contributed by atoms with Crippen LogP contribution in [-0.2, 0) is 0 Å². The molecule has 2 saturated carbocycles. The summed E-state index contributed by atoms with van der Waals surface area (Å²) in [4.78, 5) is 12.4. The number of ether oxygens (including phenoxy) is 2. The maximum atomic E-state index is 13.7. The van der Waals surface area contributed by atoms with Gasteiger partial charge in [0.25, 0.3) is 0 Å². The van der Waals surface area contributed by atoms with Crippen molar-refractivity contribution in [1.29, 1.82) is 5.26 Å². The van der Waals surface area contributed by atoms with Gasteiger partial charge >= 0.3 is 5.97 Å². The molecule has 0 amide bonds. The molecule has 0 aromatic heterocycles. The predicted octanol–water partition coefficient (Wildman–Crippen LogP) is 7.71. The van der Waals surface area contributed by atoms with Crippen LogP contribution in [0, 0.1) is 40.8 Å². The zero-order valence-electron chi connectivity index (χ0n) is 20.7. The minimum absolute atomic E-state index is 0.0661. The van der Waals surface area contributed by atoms with Gasteiger partial charge < -0.3 is 9.47 Å². The van der Waals surface area contributed by atoms with Gasteiger partial charge in [-0.05, 0) is 98.6 Å². The van der Waals surface area contributed by atoms with Gasteiger partial charge in [0.2, 0.25) is 0 Å². The molecule has 0 N–H and O–H groups in total. The quantitative estimate of drug-likeness (QED) is 0.289. The second kappa shape index (κ2) is 12.2. The summed E-state index contributed by atoms with van der Waals surface area (Å²) >= 11 is 0. The number of hydrogen-bond acceptors (Lipinski definition) is 4. The smallest absolute Gasteiger partial charge is 0.343 e. The van der Waals surface area contributed by atoms with Crippen molar-refractivity contribution in [3.05, 3.63) is 59.4 Å². The summed E-state index contributed by atoms with van der Waals surface area (Å²) < 4.78 is 25.0. The molecule has 186 valence electrons. The molecule has 4 rings (SSSR count). The van der Waals surface area contributed by atoms with Crippen LogP contribution in [0.25, 0.3) is 0 Å². The van der Waals surface area contributed by atoms with Crippen LogP contribution in [0.15, 0.2) is 42.5 Å². The Balaban J connectivity index is 1.19. The zero-order chi connectivity index (χ0) is 24.6. The van der Waals surface area contributed by atoms with E-state index in [4.69, 9.17) is 14.7 Å². The van der Waals surface area contributed by atoms with Gasteiger partial charge in [-0.25, -0.2) is 9.18 Å². The fourth-order valence-corrected chi connectivity index (χ4v) is 5.90. The van der Waals surface area contributed by atoms with Gasteiger partial charge in [-0.15, -0.1) is 0 Å². The number of nitrogens with zero attached hydrogens (tertiary/aromatic N) is 1. The van der Waals surface area contributed by atoms with Crippen molar-refractivity contribution in [2.45, 2.75) is 71.1 Å². The van der Waals surface area contributed by atoms with E-state index in [-0.39, 0.29) is 11.3 Å². The summed E-state index contributed by atoms with van der Waals surface area (Å²) in [6.07, 6.45) is 13.6. The number of esters is 1. The Kier molecular flexibility index (Phi) is 8.79. The Hall–Kier alpha value is -2.87. The summed E-state index contributed by atoms with van der Waals surface area (Å²) in [5, 5.41) is 8.80. The van der Waals surface area contributed by atoms with Crippen molar-refractivity contribution in [1.82, 2.24) is 0 Å². The highest BCUT2D eigenvalue weighted by atomic mass is 19.1. The van der Waals surface area contributed by atoms with Gasteiger partial charge in [0.15, 0.2) is 0 Å². The highest BCUT2D eigenvalue weighted by Crippen LogP contribution is 2.42. The second-order valence-electron chi connectivity index (χ2n) is 10.3. The lowest BCUT2D eigenvalue weighted by atomic mass is 9.69. The highest BCUT2D eigenvalue weighted by Gasteiger charge is 2.30. The van der Waals surface area contributed by atoms with E-state index in [1.165, 1.54) is 76.3 Å². The first-order chi connectivity index (χ1) is 17.1. The van der Waals surface area contributed by atoms with E-state index in [0.29, 0.717) is 18.1 Å². The summed E-state index contributed by atoms with van der Waals surface area (Å²) in [5.41, 5.74) is 0.269. The lowest BCUT2D eigenvalue weighted by molar-refractivity contribution is 0.0734. The Bertz CT molecular complexity index is 1010. The van der Waals surface area contributed by atoms with Gasteiger partial charge in [-0.3, -0.25) is 0 Å². The van der Waals surface area contributed by atoms with E-state index in [0.717, 1.165) is 29.6 Å². The van der Waals surface area contributed by atoms with E-state index in [9.17, 15) is 9.18 Å². The molecule has 2 aliphatic rings. The molecule has 35 heavy (non-hydrogen) atoms. The molecule has 0 atom stereocenters. The average Bonchev–Trinajstić information content (AvgIpc) is 2.89. The number of hydrogen-bond donors (Lipinski definition) is 0. The van der Waals surface area contributed by atoms with Crippen LogP contribution in [0.3, 0.4) is 0 Å². The van der Waals surface area contributed by atoms with Crippen molar-refractivity contribution in [2.24, 2.45) is 23.7 Å². The maximum absolute atomic E-state index is 13.7. The minimum Gasteiger partial charge on any atom is -0.493 e. The van der Waals surface area contributed by atoms with Crippen molar-refractivity contribution < 1.29 is 18.7 Å². The molecule has 2 aliphatic carbocycles. The van der Waals surface area contributed by atoms with Crippen LogP contribution < -0.4 is 9.47 Å². The third-order valence-corrected chi connectivity index (χ3v) is 7.99. The average molecular weight is 478 g/mol. The van der Waals surface area contributed by atoms with Crippen molar-refractivity contribution in [3.63, 3.8) is 0 Å².